The van der Waals surface area contributed by atoms with Crippen LogP contribution in [0.2, 0.25) is 0 Å². The molecule has 1 aromatic heterocycles. The highest BCUT2D eigenvalue weighted by atomic mass is 32.1. The average Bonchev–Trinajstić information content (AvgIpc) is 2.70. The third-order valence-electron chi connectivity index (χ3n) is 2.91. The van der Waals surface area contributed by atoms with Crippen molar-refractivity contribution in [2.45, 2.75) is 26.4 Å². The van der Waals surface area contributed by atoms with Gasteiger partial charge in [0.1, 0.15) is 6.17 Å². The number of likely N-dealkylation sites (N-methyl/N-ethyl adjacent to an activating group) is 1. The fourth-order valence-corrected chi connectivity index (χ4v) is 2.71. The summed E-state index contributed by atoms with van der Waals surface area (Å²) in [5, 5.41) is 7.38. The molecule has 0 amide bonds. The molecule has 0 saturated heterocycles. The highest BCUT2D eigenvalue weighted by molar-refractivity contribution is 7.08. The Morgan fingerprint density at radius 3 is 2.83 bits per heavy atom. The van der Waals surface area contributed by atoms with Crippen LogP contribution in [0.1, 0.15) is 18.1 Å². The number of nitrogens with one attached hydrogen (secondary N) is 1. The molecule has 6 heteroatoms. The Morgan fingerprint density at radius 1 is 1.44 bits per heavy atom. The number of aliphatic imine (C=N–C) groups is 2. The number of hydrogen-bond donors (Lipinski definition) is 2. The predicted molar refractivity (Wildman–Crippen MR) is 77.0 cm³/mol. The van der Waals surface area contributed by atoms with Crippen molar-refractivity contribution < 1.29 is 0 Å². The van der Waals surface area contributed by atoms with Gasteiger partial charge in [-0.15, -0.1) is 0 Å². The monoisotopic (exact) mass is 265 g/mol. The first-order chi connectivity index (χ1) is 8.56. The van der Waals surface area contributed by atoms with Crippen LogP contribution in [0.3, 0.4) is 0 Å². The SMILES string of the molecule is Cc1cscc1CCN(C)C1=NC(C)N=C(N)N1. The van der Waals surface area contributed by atoms with E-state index >= 15 is 0 Å². The van der Waals surface area contributed by atoms with Gasteiger partial charge in [-0.2, -0.15) is 11.3 Å². The molecule has 0 spiro atoms. The lowest BCUT2D eigenvalue weighted by Crippen LogP contribution is -2.49. The molecular formula is C12H19N5S. The maximum absolute atomic E-state index is 5.70. The molecule has 1 unspecified atom stereocenters. The summed E-state index contributed by atoms with van der Waals surface area (Å²) in [4.78, 5) is 10.6. The summed E-state index contributed by atoms with van der Waals surface area (Å²) >= 11 is 1.75. The quantitative estimate of drug-likeness (QED) is 0.861. The van der Waals surface area contributed by atoms with Crippen molar-refractivity contribution in [1.29, 1.82) is 0 Å². The van der Waals surface area contributed by atoms with E-state index in [4.69, 9.17) is 5.73 Å². The van der Waals surface area contributed by atoms with Gasteiger partial charge in [-0.1, -0.05) is 0 Å². The summed E-state index contributed by atoms with van der Waals surface area (Å²) in [5.41, 5.74) is 8.46. The molecule has 1 aliphatic heterocycles. The summed E-state index contributed by atoms with van der Waals surface area (Å²) < 4.78 is 0. The number of hydrogen-bond acceptors (Lipinski definition) is 6. The van der Waals surface area contributed by atoms with Crippen molar-refractivity contribution in [1.82, 2.24) is 10.2 Å². The normalized spacial score (nSPS) is 18.9. The Bertz CT molecular complexity index is 477. The first-order valence-electron chi connectivity index (χ1n) is 5.97. The smallest absolute Gasteiger partial charge is 0.202 e. The number of nitrogens with two attached hydrogens (primary N) is 1. The minimum Gasteiger partial charge on any atom is -0.370 e. The van der Waals surface area contributed by atoms with Gasteiger partial charge in [0, 0.05) is 13.6 Å². The molecule has 0 radical (unpaired) electrons. The molecule has 1 aliphatic rings. The van der Waals surface area contributed by atoms with Gasteiger partial charge >= 0.3 is 0 Å². The van der Waals surface area contributed by atoms with Crippen molar-refractivity contribution in [2.24, 2.45) is 15.7 Å². The molecule has 1 atom stereocenters. The van der Waals surface area contributed by atoms with Crippen LogP contribution in [-0.4, -0.2) is 36.6 Å². The van der Waals surface area contributed by atoms with Crippen LogP contribution in [-0.2, 0) is 6.42 Å². The van der Waals surface area contributed by atoms with E-state index in [-0.39, 0.29) is 6.17 Å². The minimum atomic E-state index is -0.105. The molecule has 3 N–H and O–H groups in total. The third kappa shape index (κ3) is 3.01. The van der Waals surface area contributed by atoms with E-state index in [9.17, 15) is 0 Å². The third-order valence-corrected chi connectivity index (χ3v) is 3.82. The summed E-state index contributed by atoms with van der Waals surface area (Å²) in [6, 6.07) is 0. The molecule has 18 heavy (non-hydrogen) atoms. The van der Waals surface area contributed by atoms with E-state index in [1.165, 1.54) is 11.1 Å². The van der Waals surface area contributed by atoms with E-state index in [0.29, 0.717) is 5.96 Å². The van der Waals surface area contributed by atoms with Crippen LogP contribution in [0.4, 0.5) is 0 Å². The first kappa shape index (κ1) is 12.9. The van der Waals surface area contributed by atoms with Crippen LogP contribution < -0.4 is 11.1 Å². The second-order valence-corrected chi connectivity index (χ2v) is 5.22. The molecule has 0 aromatic carbocycles. The van der Waals surface area contributed by atoms with Gasteiger partial charge in [0.15, 0.2) is 5.96 Å². The van der Waals surface area contributed by atoms with E-state index in [0.717, 1.165) is 18.9 Å². The van der Waals surface area contributed by atoms with Gasteiger partial charge in [-0.25, -0.2) is 9.98 Å². The number of nitrogens with zero attached hydrogens (tertiary/aromatic N) is 3. The highest BCUT2D eigenvalue weighted by Gasteiger charge is 2.14. The van der Waals surface area contributed by atoms with E-state index < -0.39 is 0 Å². The molecule has 0 fully saturated rings. The Labute approximate surface area is 111 Å². The molecule has 2 rings (SSSR count). The summed E-state index contributed by atoms with van der Waals surface area (Å²) in [6.45, 7) is 4.98. The van der Waals surface area contributed by atoms with Gasteiger partial charge in [-0.3, -0.25) is 5.32 Å². The lowest BCUT2D eigenvalue weighted by atomic mass is 10.1. The van der Waals surface area contributed by atoms with Gasteiger partial charge in [-0.05, 0) is 42.2 Å². The highest BCUT2D eigenvalue weighted by Crippen LogP contribution is 2.14. The van der Waals surface area contributed by atoms with Crippen LogP contribution in [0.5, 0.6) is 0 Å². The second kappa shape index (κ2) is 5.39. The zero-order valence-corrected chi connectivity index (χ0v) is 11.8. The predicted octanol–water partition coefficient (Wildman–Crippen LogP) is 1.15. The molecule has 5 nitrogen and oxygen atoms in total. The molecular weight excluding hydrogens is 246 g/mol. The zero-order chi connectivity index (χ0) is 13.1. The second-order valence-electron chi connectivity index (χ2n) is 4.48. The van der Waals surface area contributed by atoms with Crippen molar-refractivity contribution in [3.63, 3.8) is 0 Å². The van der Waals surface area contributed by atoms with Crippen LogP contribution in [0, 0.1) is 6.92 Å². The molecule has 2 heterocycles. The Kier molecular flexibility index (Phi) is 3.86. The fourth-order valence-electron chi connectivity index (χ4n) is 1.82. The van der Waals surface area contributed by atoms with Crippen molar-refractivity contribution in [3.05, 3.63) is 21.9 Å². The van der Waals surface area contributed by atoms with Gasteiger partial charge in [0.25, 0.3) is 0 Å². The molecule has 0 aliphatic carbocycles. The maximum atomic E-state index is 5.70. The lowest BCUT2D eigenvalue weighted by molar-refractivity contribution is 0.486. The van der Waals surface area contributed by atoms with Crippen molar-refractivity contribution >= 4 is 23.3 Å². The Balaban J connectivity index is 1.93. The van der Waals surface area contributed by atoms with E-state index in [1.807, 2.05) is 14.0 Å². The van der Waals surface area contributed by atoms with E-state index in [1.54, 1.807) is 11.3 Å². The van der Waals surface area contributed by atoms with Gasteiger partial charge in [0.2, 0.25) is 5.96 Å². The van der Waals surface area contributed by atoms with Crippen molar-refractivity contribution in [3.8, 4) is 0 Å². The molecule has 0 bridgehead atoms. The number of guanidine groups is 2. The van der Waals surface area contributed by atoms with Crippen LogP contribution in [0.25, 0.3) is 0 Å². The van der Waals surface area contributed by atoms with Gasteiger partial charge < -0.3 is 10.6 Å². The molecule has 1 aromatic rings. The van der Waals surface area contributed by atoms with Gasteiger partial charge in [0.05, 0.1) is 0 Å². The minimum absolute atomic E-state index is 0.105. The van der Waals surface area contributed by atoms with E-state index in [2.05, 4.69) is 37.9 Å². The van der Waals surface area contributed by atoms with Crippen LogP contribution >= 0.6 is 11.3 Å². The number of thiophene rings is 1. The first-order valence-corrected chi connectivity index (χ1v) is 6.91. The Hall–Kier alpha value is -1.56. The summed E-state index contributed by atoms with van der Waals surface area (Å²) in [5.74, 6) is 1.23. The topological polar surface area (TPSA) is 66.0 Å². The maximum Gasteiger partial charge on any atom is 0.202 e. The largest absolute Gasteiger partial charge is 0.370 e. The number of aryl methyl sites for hydroxylation is 1. The van der Waals surface area contributed by atoms with Crippen molar-refractivity contribution in [2.75, 3.05) is 13.6 Å². The standard InChI is InChI=1S/C12H19N5S/c1-8-6-18-7-10(8)4-5-17(3)12-15-9(2)14-11(13)16-12/h6-7,9H,4-5H2,1-3H3,(H3,13,14,15,16). The summed E-state index contributed by atoms with van der Waals surface area (Å²) in [6.07, 6.45) is 0.907. The fraction of sp³-hybridized carbons (Fsp3) is 0.500. The molecule has 0 saturated carbocycles. The zero-order valence-electron chi connectivity index (χ0n) is 11.0. The van der Waals surface area contributed by atoms with Crippen LogP contribution in [0.15, 0.2) is 20.7 Å². The Morgan fingerprint density at radius 2 is 2.22 bits per heavy atom. The number of rotatable bonds is 3. The lowest BCUT2D eigenvalue weighted by Gasteiger charge is -2.25. The molecule has 98 valence electrons. The average molecular weight is 265 g/mol. The summed E-state index contributed by atoms with van der Waals surface area (Å²) in [7, 11) is 2.01.